The first-order chi connectivity index (χ1) is 13.0. The molecule has 1 atom stereocenters. The summed E-state index contributed by atoms with van der Waals surface area (Å²) in [5, 5.41) is 10.0. The van der Waals surface area contributed by atoms with E-state index in [1.165, 1.54) is 11.8 Å². The van der Waals surface area contributed by atoms with Crippen molar-refractivity contribution in [3.8, 4) is 0 Å². The third kappa shape index (κ3) is 4.03. The van der Waals surface area contributed by atoms with Crippen LogP contribution in [0.3, 0.4) is 0 Å². The minimum absolute atomic E-state index is 0.215. The van der Waals surface area contributed by atoms with E-state index in [2.05, 4.69) is 52.1 Å². The molecule has 0 spiro atoms. The molecule has 0 aromatic heterocycles. The number of likely N-dealkylation sites (tertiary alicyclic amines) is 1. The van der Waals surface area contributed by atoms with Crippen molar-refractivity contribution in [1.82, 2.24) is 15.6 Å². The van der Waals surface area contributed by atoms with Crippen LogP contribution in [-0.2, 0) is 6.54 Å². The fraction of sp³-hybridized carbons (Fsp3) is 0.300. The molecule has 0 saturated carbocycles. The summed E-state index contributed by atoms with van der Waals surface area (Å²) in [4.78, 5) is 2.28. The normalized spacial score (nSPS) is 18.6. The van der Waals surface area contributed by atoms with Crippen molar-refractivity contribution in [2.75, 3.05) is 17.2 Å². The summed E-state index contributed by atoms with van der Waals surface area (Å²) in [7, 11) is 0. The second kappa shape index (κ2) is 8.09. The Morgan fingerprint density at radius 3 is 2.89 bits per heavy atom. The molecule has 0 radical (unpaired) electrons. The zero-order valence-electron chi connectivity index (χ0n) is 15.6. The molecule has 7 nitrogen and oxygen atoms in total. The van der Waals surface area contributed by atoms with Gasteiger partial charge in [-0.25, -0.2) is 0 Å². The minimum Gasteiger partial charge on any atom is -0.403 e. The lowest BCUT2D eigenvalue weighted by Gasteiger charge is -2.31. The van der Waals surface area contributed by atoms with Crippen molar-refractivity contribution in [1.29, 1.82) is 0 Å². The van der Waals surface area contributed by atoms with Crippen LogP contribution in [-0.4, -0.2) is 17.5 Å². The molecule has 2 aliphatic rings. The average Bonchev–Trinajstić information content (AvgIpc) is 3.29. The van der Waals surface area contributed by atoms with E-state index >= 15 is 0 Å². The number of nitrogens with two attached hydrogens (primary N) is 2. The van der Waals surface area contributed by atoms with Gasteiger partial charge in [-0.3, -0.25) is 5.84 Å². The fourth-order valence-corrected chi connectivity index (χ4v) is 3.66. The lowest BCUT2D eigenvalue weighted by Crippen LogP contribution is -2.35. The summed E-state index contributed by atoms with van der Waals surface area (Å²) in [6.45, 7) is 14.1. The van der Waals surface area contributed by atoms with Gasteiger partial charge in [0.05, 0.1) is 17.4 Å². The monoisotopic (exact) mass is 367 g/mol. The highest BCUT2D eigenvalue weighted by Gasteiger charge is 2.28. The van der Waals surface area contributed by atoms with Crippen LogP contribution in [0.5, 0.6) is 0 Å². The van der Waals surface area contributed by atoms with Crippen LogP contribution in [0.4, 0.5) is 11.4 Å². The average molecular weight is 368 g/mol. The Morgan fingerprint density at radius 1 is 1.33 bits per heavy atom. The number of hydrazine groups is 1. The van der Waals surface area contributed by atoms with Gasteiger partial charge in [-0.1, -0.05) is 31.9 Å². The van der Waals surface area contributed by atoms with Crippen molar-refractivity contribution in [2.45, 2.75) is 31.8 Å². The highest BCUT2D eigenvalue weighted by molar-refractivity contribution is 5.81. The molecule has 0 amide bonds. The molecule has 144 valence electrons. The van der Waals surface area contributed by atoms with Crippen LogP contribution in [0.15, 0.2) is 67.0 Å². The van der Waals surface area contributed by atoms with Gasteiger partial charge < -0.3 is 32.0 Å². The standard InChI is InChI=1S/C20H29N7/c1-13(10-17(11-21)26-22)27-9-5-8-19(27)14(2)23-12-16-6-4-7-18-20(16)25-15(3)24-18/h4,6-7,11,19,23-26H,1-3,5,8-10,12,21-22H2/b17-11-. The molecule has 8 N–H and O–H groups in total. The number of para-hydroxylation sites is 1. The van der Waals surface area contributed by atoms with Gasteiger partial charge in [-0.05, 0) is 24.5 Å². The van der Waals surface area contributed by atoms with E-state index in [1.54, 1.807) is 0 Å². The van der Waals surface area contributed by atoms with Crippen LogP contribution in [0.25, 0.3) is 0 Å². The summed E-state index contributed by atoms with van der Waals surface area (Å²) in [5.74, 6) is 6.28. The van der Waals surface area contributed by atoms with Gasteiger partial charge in [0.2, 0.25) is 0 Å². The quantitative estimate of drug-likeness (QED) is 0.309. The molecule has 7 heteroatoms. The molecule has 2 aliphatic heterocycles. The molecule has 3 rings (SSSR count). The van der Waals surface area contributed by atoms with Crippen molar-refractivity contribution in [3.63, 3.8) is 0 Å². The molecule has 0 bridgehead atoms. The van der Waals surface area contributed by atoms with Gasteiger partial charge in [0.15, 0.2) is 0 Å². The van der Waals surface area contributed by atoms with Gasteiger partial charge in [-0.2, -0.15) is 0 Å². The Labute approximate surface area is 160 Å². The number of nitrogens with zero attached hydrogens (tertiary/aromatic N) is 1. The van der Waals surface area contributed by atoms with Gasteiger partial charge in [0, 0.05) is 42.8 Å². The first-order valence-corrected chi connectivity index (χ1v) is 9.12. The van der Waals surface area contributed by atoms with Gasteiger partial charge >= 0.3 is 0 Å². The maximum Gasteiger partial charge on any atom is 0.100 e. The van der Waals surface area contributed by atoms with Crippen molar-refractivity contribution < 1.29 is 0 Å². The second-order valence-corrected chi connectivity index (χ2v) is 6.88. The first kappa shape index (κ1) is 18.7. The Morgan fingerprint density at radius 2 is 2.15 bits per heavy atom. The molecular formula is C20H29N7. The summed E-state index contributed by atoms with van der Waals surface area (Å²) in [5.41, 5.74) is 14.2. The molecule has 1 unspecified atom stereocenters. The second-order valence-electron chi connectivity index (χ2n) is 6.88. The smallest absolute Gasteiger partial charge is 0.100 e. The van der Waals surface area contributed by atoms with E-state index in [9.17, 15) is 0 Å². The van der Waals surface area contributed by atoms with Crippen molar-refractivity contribution >= 4 is 11.4 Å². The maximum absolute atomic E-state index is 5.58. The molecule has 1 fully saturated rings. The van der Waals surface area contributed by atoms with Crippen molar-refractivity contribution in [2.24, 2.45) is 11.6 Å². The van der Waals surface area contributed by atoms with E-state index in [-0.39, 0.29) is 6.04 Å². The number of benzene rings is 1. The molecular weight excluding hydrogens is 338 g/mol. The predicted molar refractivity (Wildman–Crippen MR) is 112 cm³/mol. The van der Waals surface area contributed by atoms with E-state index in [1.807, 2.05) is 12.1 Å². The number of fused-ring (bicyclic) bond motifs is 1. The van der Waals surface area contributed by atoms with E-state index in [0.29, 0.717) is 13.0 Å². The molecule has 0 aliphatic carbocycles. The predicted octanol–water partition coefficient (Wildman–Crippen LogP) is 2.23. The number of hydrogen-bond donors (Lipinski definition) is 6. The zero-order chi connectivity index (χ0) is 19.4. The SMILES string of the molecule is C=C1Nc2cccc(CNC(=C)C3CCCN3C(=C)C/C(=C/N)NN)c2N1. The van der Waals surface area contributed by atoms with Gasteiger partial charge in [0.25, 0.3) is 0 Å². The minimum atomic E-state index is 0.215. The van der Waals surface area contributed by atoms with Gasteiger partial charge in [0.1, 0.15) is 5.82 Å². The van der Waals surface area contributed by atoms with Crippen LogP contribution >= 0.6 is 0 Å². The number of rotatable bonds is 8. The molecule has 1 saturated heterocycles. The first-order valence-electron chi connectivity index (χ1n) is 9.12. The summed E-state index contributed by atoms with van der Waals surface area (Å²) < 4.78 is 0. The Bertz CT molecular complexity index is 781. The Hall–Kier alpha value is -3.06. The van der Waals surface area contributed by atoms with Crippen LogP contribution in [0, 0.1) is 0 Å². The molecule has 1 aromatic carbocycles. The summed E-state index contributed by atoms with van der Waals surface area (Å²) in [6, 6.07) is 6.39. The lowest BCUT2D eigenvalue weighted by molar-refractivity contribution is 0.336. The fourth-order valence-electron chi connectivity index (χ4n) is 3.66. The van der Waals surface area contributed by atoms with E-state index in [4.69, 9.17) is 11.6 Å². The number of nitrogens with one attached hydrogen (secondary N) is 4. The lowest BCUT2D eigenvalue weighted by atomic mass is 10.1. The third-order valence-electron chi connectivity index (χ3n) is 5.06. The number of hydrogen-bond acceptors (Lipinski definition) is 7. The molecule has 1 aromatic rings. The van der Waals surface area contributed by atoms with Crippen LogP contribution in [0.2, 0.25) is 0 Å². The zero-order valence-corrected chi connectivity index (χ0v) is 15.6. The number of anilines is 2. The largest absolute Gasteiger partial charge is 0.403 e. The summed E-state index contributed by atoms with van der Waals surface area (Å²) in [6.07, 6.45) is 4.23. The third-order valence-corrected chi connectivity index (χ3v) is 5.06. The summed E-state index contributed by atoms with van der Waals surface area (Å²) >= 11 is 0. The Kier molecular flexibility index (Phi) is 5.61. The highest BCUT2D eigenvalue weighted by atomic mass is 15.2. The maximum atomic E-state index is 5.58. The van der Waals surface area contributed by atoms with Crippen molar-refractivity contribution in [3.05, 3.63) is 72.6 Å². The van der Waals surface area contributed by atoms with Crippen LogP contribution < -0.4 is 33.0 Å². The van der Waals surface area contributed by atoms with E-state index in [0.717, 1.165) is 53.7 Å². The van der Waals surface area contributed by atoms with Crippen LogP contribution in [0.1, 0.15) is 24.8 Å². The molecule has 2 heterocycles. The Balaban J connectivity index is 1.62. The molecule has 27 heavy (non-hydrogen) atoms. The van der Waals surface area contributed by atoms with E-state index < -0.39 is 0 Å². The van der Waals surface area contributed by atoms with Gasteiger partial charge in [-0.15, -0.1) is 0 Å². The highest BCUT2D eigenvalue weighted by Crippen LogP contribution is 2.33. The topological polar surface area (TPSA) is 103 Å².